The van der Waals surface area contributed by atoms with Gasteiger partial charge in [-0.1, -0.05) is 19.4 Å². The van der Waals surface area contributed by atoms with Gasteiger partial charge >= 0.3 is 12.4 Å². The quantitative estimate of drug-likeness (QED) is 0.175. The van der Waals surface area contributed by atoms with Crippen molar-refractivity contribution in [2.24, 2.45) is 0 Å². The van der Waals surface area contributed by atoms with Gasteiger partial charge in [-0.2, -0.15) is 26.3 Å². The van der Waals surface area contributed by atoms with Gasteiger partial charge in [0.1, 0.15) is 18.3 Å². The Bertz CT molecular complexity index is 976. The highest BCUT2D eigenvalue weighted by molar-refractivity contribution is 5.48. The van der Waals surface area contributed by atoms with E-state index in [1.54, 1.807) is 6.92 Å². The predicted octanol–water partition coefficient (Wildman–Crippen LogP) is 6.59. The van der Waals surface area contributed by atoms with Gasteiger partial charge in [0, 0.05) is 24.3 Å². The summed E-state index contributed by atoms with van der Waals surface area (Å²) in [7, 11) is 0.906. The number of halogens is 6. The molecule has 0 aromatic heterocycles. The molecular formula is C21H21F6NO5. The number of nitro groups is 1. The van der Waals surface area contributed by atoms with E-state index in [9.17, 15) is 36.5 Å². The van der Waals surface area contributed by atoms with Crippen molar-refractivity contribution >= 4 is 5.69 Å². The summed E-state index contributed by atoms with van der Waals surface area (Å²) in [4.78, 5) is 10.4. The summed E-state index contributed by atoms with van der Waals surface area (Å²) < 4.78 is 97.1. The molecule has 6 nitrogen and oxygen atoms in total. The number of aryl methyl sites for hydroxylation is 2. The highest BCUT2D eigenvalue weighted by atomic mass is 19.4. The highest BCUT2D eigenvalue weighted by Crippen LogP contribution is 2.53. The molecule has 0 saturated heterocycles. The highest BCUT2D eigenvalue weighted by Gasteiger charge is 2.73. The van der Waals surface area contributed by atoms with Gasteiger partial charge in [0.25, 0.3) is 11.3 Å². The second-order valence-corrected chi connectivity index (χ2v) is 7.11. The summed E-state index contributed by atoms with van der Waals surface area (Å²) >= 11 is 0. The monoisotopic (exact) mass is 481 g/mol. The molecule has 0 heterocycles. The van der Waals surface area contributed by atoms with Crippen molar-refractivity contribution in [3.63, 3.8) is 0 Å². The average molecular weight is 481 g/mol. The minimum atomic E-state index is -5.84. The van der Waals surface area contributed by atoms with Gasteiger partial charge < -0.3 is 14.2 Å². The summed E-state index contributed by atoms with van der Waals surface area (Å²) in [6.45, 7) is 1.91. The zero-order chi connectivity index (χ0) is 25.0. The summed E-state index contributed by atoms with van der Waals surface area (Å²) in [5, 5.41) is 11.0. The van der Waals surface area contributed by atoms with Crippen LogP contribution < -0.4 is 4.74 Å². The lowest BCUT2D eigenvalue weighted by Crippen LogP contribution is -2.56. The number of rotatable bonds is 9. The van der Waals surface area contributed by atoms with Gasteiger partial charge in [-0.3, -0.25) is 10.1 Å². The number of methoxy groups -OCH3 is 1. The SMILES string of the molecule is CCCc1cc(C(OCOC)(C(F)(F)F)C(F)(F)F)ccc1Oc1ccc([N+](=O)[O-])c(C)c1. The van der Waals surface area contributed by atoms with Crippen molar-refractivity contribution in [3.05, 3.63) is 63.2 Å². The van der Waals surface area contributed by atoms with Crippen molar-refractivity contribution < 1.29 is 45.5 Å². The Labute approximate surface area is 185 Å². The molecule has 33 heavy (non-hydrogen) atoms. The summed E-state index contributed by atoms with van der Waals surface area (Å²) in [5.41, 5.74) is -5.60. The number of benzene rings is 2. The van der Waals surface area contributed by atoms with Gasteiger partial charge in [0.05, 0.1) is 4.92 Å². The van der Waals surface area contributed by atoms with Crippen LogP contribution in [0.4, 0.5) is 32.0 Å². The van der Waals surface area contributed by atoms with Gasteiger partial charge in [-0.05, 0) is 43.2 Å². The third kappa shape index (κ3) is 5.38. The molecule has 0 amide bonds. The number of hydrogen-bond acceptors (Lipinski definition) is 5. The van der Waals surface area contributed by atoms with E-state index in [2.05, 4.69) is 9.47 Å². The first kappa shape index (κ1) is 26.4. The van der Waals surface area contributed by atoms with E-state index in [1.165, 1.54) is 25.1 Å². The van der Waals surface area contributed by atoms with Crippen molar-refractivity contribution in [2.45, 2.75) is 44.6 Å². The predicted molar refractivity (Wildman–Crippen MR) is 105 cm³/mol. The molecule has 0 aliphatic carbocycles. The average Bonchev–Trinajstić information content (AvgIpc) is 2.68. The normalized spacial score (nSPS) is 12.6. The van der Waals surface area contributed by atoms with Crippen LogP contribution in [0.25, 0.3) is 0 Å². The van der Waals surface area contributed by atoms with Crippen LogP contribution in [0.1, 0.15) is 30.0 Å². The van der Waals surface area contributed by atoms with E-state index >= 15 is 0 Å². The molecule has 0 spiro atoms. The maximum Gasteiger partial charge on any atom is 0.430 e. The lowest BCUT2D eigenvalue weighted by Gasteiger charge is -2.37. The van der Waals surface area contributed by atoms with Crippen LogP contribution in [0.2, 0.25) is 0 Å². The molecule has 0 atom stereocenters. The van der Waals surface area contributed by atoms with Crippen LogP contribution in [0.15, 0.2) is 36.4 Å². The van der Waals surface area contributed by atoms with E-state index in [0.29, 0.717) is 12.5 Å². The Hall–Kier alpha value is -2.86. The Morgan fingerprint density at radius 2 is 1.64 bits per heavy atom. The Morgan fingerprint density at radius 1 is 1.00 bits per heavy atom. The van der Waals surface area contributed by atoms with Crippen LogP contribution in [0, 0.1) is 17.0 Å². The number of nitrogens with zero attached hydrogens (tertiary/aromatic N) is 1. The van der Waals surface area contributed by atoms with Crippen molar-refractivity contribution in [1.29, 1.82) is 0 Å². The van der Waals surface area contributed by atoms with Crippen LogP contribution in [0.5, 0.6) is 11.5 Å². The standard InChI is InChI=1S/C21H21F6NO5/c1-4-5-14-11-15(19(20(22,23)24,21(25,26)27)32-12-31-3)6-9-18(14)33-16-7-8-17(28(29)30)13(2)10-16/h6-11H,4-5,12H2,1-3H3. The van der Waals surface area contributed by atoms with Crippen molar-refractivity contribution in [3.8, 4) is 11.5 Å². The first-order chi connectivity index (χ1) is 15.3. The zero-order valence-corrected chi connectivity index (χ0v) is 17.8. The van der Waals surface area contributed by atoms with E-state index < -0.39 is 35.2 Å². The molecule has 0 N–H and O–H groups in total. The molecular weight excluding hydrogens is 460 g/mol. The number of nitro benzene ring substituents is 1. The van der Waals surface area contributed by atoms with Gasteiger partial charge in [-0.15, -0.1) is 0 Å². The fourth-order valence-electron chi connectivity index (χ4n) is 3.27. The third-order valence-electron chi connectivity index (χ3n) is 4.77. The lowest BCUT2D eigenvalue weighted by atomic mass is 9.89. The summed E-state index contributed by atoms with van der Waals surface area (Å²) in [6, 6.07) is 6.18. The number of ether oxygens (including phenoxy) is 3. The van der Waals surface area contributed by atoms with E-state index in [-0.39, 0.29) is 34.7 Å². The molecule has 0 aliphatic rings. The molecule has 0 aliphatic heterocycles. The van der Waals surface area contributed by atoms with Crippen LogP contribution in [-0.2, 0) is 21.5 Å². The summed E-state index contributed by atoms with van der Waals surface area (Å²) in [6.07, 6.45) is -11.2. The molecule has 0 fully saturated rings. The van der Waals surface area contributed by atoms with Gasteiger partial charge in [0.15, 0.2) is 0 Å². The molecule has 0 radical (unpaired) electrons. The fourth-order valence-corrected chi connectivity index (χ4v) is 3.27. The topological polar surface area (TPSA) is 70.8 Å². The molecule has 2 aromatic rings. The second-order valence-electron chi connectivity index (χ2n) is 7.11. The maximum atomic E-state index is 13.8. The lowest BCUT2D eigenvalue weighted by molar-refractivity contribution is -0.400. The smallest absolute Gasteiger partial charge is 0.430 e. The Kier molecular flexibility index (Phi) is 7.96. The fraction of sp³-hybridized carbons (Fsp3) is 0.429. The number of hydrogen-bond donors (Lipinski definition) is 0. The summed E-state index contributed by atoms with van der Waals surface area (Å²) in [5.74, 6) is 0.149. The van der Waals surface area contributed by atoms with E-state index in [0.717, 1.165) is 19.2 Å². The van der Waals surface area contributed by atoms with Crippen LogP contribution in [0.3, 0.4) is 0 Å². The van der Waals surface area contributed by atoms with Crippen molar-refractivity contribution in [1.82, 2.24) is 0 Å². The Balaban J connectivity index is 2.59. The number of alkyl halides is 6. The molecule has 2 rings (SSSR count). The molecule has 0 unspecified atom stereocenters. The van der Waals surface area contributed by atoms with Gasteiger partial charge in [-0.25, -0.2) is 0 Å². The minimum Gasteiger partial charge on any atom is -0.457 e. The molecule has 2 aromatic carbocycles. The molecule has 182 valence electrons. The first-order valence-electron chi connectivity index (χ1n) is 9.61. The third-order valence-corrected chi connectivity index (χ3v) is 4.77. The van der Waals surface area contributed by atoms with E-state index in [4.69, 9.17) is 4.74 Å². The largest absolute Gasteiger partial charge is 0.457 e. The first-order valence-corrected chi connectivity index (χ1v) is 9.61. The molecule has 0 saturated carbocycles. The van der Waals surface area contributed by atoms with Crippen molar-refractivity contribution in [2.75, 3.05) is 13.9 Å². The molecule has 0 bridgehead atoms. The second kappa shape index (κ2) is 9.96. The van der Waals surface area contributed by atoms with Crippen LogP contribution >= 0.6 is 0 Å². The van der Waals surface area contributed by atoms with Crippen LogP contribution in [-0.4, -0.2) is 31.2 Å². The van der Waals surface area contributed by atoms with Gasteiger partial charge in [0.2, 0.25) is 0 Å². The Morgan fingerprint density at radius 3 is 2.12 bits per heavy atom. The minimum absolute atomic E-state index is 0.0128. The molecule has 12 heteroatoms. The maximum absolute atomic E-state index is 13.8. The van der Waals surface area contributed by atoms with E-state index in [1.807, 2.05) is 0 Å². The zero-order valence-electron chi connectivity index (χ0n) is 17.8.